The number of nitrogens with one attached hydrogen (secondary N) is 2. The number of hydrogen-bond acceptors (Lipinski definition) is 6. The number of benzene rings is 1. The number of rotatable bonds is 6. The van der Waals surface area contributed by atoms with E-state index in [1.807, 2.05) is 39.8 Å². The van der Waals surface area contributed by atoms with Crippen molar-refractivity contribution in [2.45, 2.75) is 56.2 Å². The van der Waals surface area contributed by atoms with Gasteiger partial charge in [0.25, 0.3) is 0 Å². The SMILES string of the molecule is CCc1ccc(Nc2nnc(S[C@H](C)C(=O)NC(C)(C)C)s2)cc1. The van der Waals surface area contributed by atoms with E-state index >= 15 is 0 Å². The molecule has 1 amide bonds. The highest BCUT2D eigenvalue weighted by atomic mass is 32.2. The second kappa shape index (κ2) is 7.98. The van der Waals surface area contributed by atoms with Crippen LogP contribution in [0.15, 0.2) is 28.6 Å². The monoisotopic (exact) mass is 364 g/mol. The number of hydrogen-bond donors (Lipinski definition) is 2. The van der Waals surface area contributed by atoms with E-state index in [4.69, 9.17) is 0 Å². The van der Waals surface area contributed by atoms with Crippen LogP contribution in [0.5, 0.6) is 0 Å². The van der Waals surface area contributed by atoms with E-state index in [0.717, 1.165) is 21.6 Å². The Balaban J connectivity index is 1.93. The van der Waals surface area contributed by atoms with Gasteiger partial charge in [0.1, 0.15) is 0 Å². The molecule has 0 radical (unpaired) electrons. The molecule has 0 saturated heterocycles. The lowest BCUT2D eigenvalue weighted by Crippen LogP contribution is -2.44. The van der Waals surface area contributed by atoms with Crippen LogP contribution in [0.25, 0.3) is 0 Å². The Morgan fingerprint density at radius 3 is 2.50 bits per heavy atom. The van der Waals surface area contributed by atoms with E-state index in [9.17, 15) is 4.79 Å². The van der Waals surface area contributed by atoms with Crippen LogP contribution in [0.2, 0.25) is 0 Å². The number of nitrogens with zero attached hydrogens (tertiary/aromatic N) is 2. The number of aromatic nitrogens is 2. The Morgan fingerprint density at radius 1 is 1.25 bits per heavy atom. The lowest BCUT2D eigenvalue weighted by atomic mass is 10.1. The first kappa shape index (κ1) is 18.7. The molecule has 7 heteroatoms. The number of carbonyl (C=O) groups excluding carboxylic acids is 1. The maximum Gasteiger partial charge on any atom is 0.233 e. The summed E-state index contributed by atoms with van der Waals surface area (Å²) in [4.78, 5) is 12.1. The highest BCUT2D eigenvalue weighted by Crippen LogP contribution is 2.30. The molecule has 1 heterocycles. The second-order valence-electron chi connectivity index (χ2n) is 6.55. The predicted molar refractivity (Wildman–Crippen MR) is 102 cm³/mol. The van der Waals surface area contributed by atoms with Crippen LogP contribution in [0.4, 0.5) is 10.8 Å². The van der Waals surface area contributed by atoms with Gasteiger partial charge in [0.05, 0.1) is 5.25 Å². The summed E-state index contributed by atoms with van der Waals surface area (Å²) in [5.41, 5.74) is 2.05. The average Bonchev–Trinajstić information content (AvgIpc) is 2.93. The van der Waals surface area contributed by atoms with Crippen molar-refractivity contribution in [2.75, 3.05) is 5.32 Å². The van der Waals surface area contributed by atoms with Crippen molar-refractivity contribution < 1.29 is 4.79 Å². The van der Waals surface area contributed by atoms with E-state index in [0.29, 0.717) is 0 Å². The van der Waals surface area contributed by atoms with Gasteiger partial charge in [-0.25, -0.2) is 0 Å². The molecule has 0 unspecified atom stereocenters. The third-order valence-electron chi connectivity index (χ3n) is 3.16. The van der Waals surface area contributed by atoms with Crippen LogP contribution < -0.4 is 10.6 Å². The van der Waals surface area contributed by atoms with Gasteiger partial charge in [-0.05, 0) is 51.8 Å². The first-order valence-corrected chi connectivity index (χ1v) is 9.64. The van der Waals surface area contributed by atoms with Crippen LogP contribution in [0, 0.1) is 0 Å². The van der Waals surface area contributed by atoms with Crippen molar-refractivity contribution in [3.63, 3.8) is 0 Å². The van der Waals surface area contributed by atoms with Gasteiger partial charge in [0.15, 0.2) is 4.34 Å². The Bertz CT molecular complexity index is 677. The maximum atomic E-state index is 12.1. The van der Waals surface area contributed by atoms with E-state index < -0.39 is 0 Å². The van der Waals surface area contributed by atoms with Crippen LogP contribution in [-0.2, 0) is 11.2 Å². The number of thioether (sulfide) groups is 1. The van der Waals surface area contributed by atoms with Gasteiger partial charge in [-0.1, -0.05) is 42.2 Å². The number of amides is 1. The molecule has 5 nitrogen and oxygen atoms in total. The van der Waals surface area contributed by atoms with E-state index in [-0.39, 0.29) is 16.7 Å². The molecule has 130 valence electrons. The van der Waals surface area contributed by atoms with E-state index in [1.165, 1.54) is 28.7 Å². The lowest BCUT2D eigenvalue weighted by molar-refractivity contribution is -0.121. The molecule has 2 N–H and O–H groups in total. The van der Waals surface area contributed by atoms with Crippen molar-refractivity contribution in [3.05, 3.63) is 29.8 Å². The quantitative estimate of drug-likeness (QED) is 0.751. The molecule has 1 aromatic heterocycles. The highest BCUT2D eigenvalue weighted by molar-refractivity contribution is 8.02. The predicted octanol–water partition coefficient (Wildman–Crippen LogP) is 4.24. The molecular formula is C17H24N4OS2. The fourth-order valence-corrected chi connectivity index (χ4v) is 3.85. The Hall–Kier alpha value is -1.60. The first-order valence-electron chi connectivity index (χ1n) is 7.95. The van der Waals surface area contributed by atoms with Gasteiger partial charge in [-0.2, -0.15) is 0 Å². The fourth-order valence-electron chi connectivity index (χ4n) is 1.93. The fraction of sp³-hybridized carbons (Fsp3) is 0.471. The molecular weight excluding hydrogens is 340 g/mol. The topological polar surface area (TPSA) is 66.9 Å². The normalized spacial score (nSPS) is 12.7. The summed E-state index contributed by atoms with van der Waals surface area (Å²) in [5, 5.41) is 15.0. The van der Waals surface area contributed by atoms with Gasteiger partial charge in [-0.15, -0.1) is 10.2 Å². The molecule has 0 bridgehead atoms. The largest absolute Gasteiger partial charge is 0.351 e. The highest BCUT2D eigenvalue weighted by Gasteiger charge is 2.21. The smallest absolute Gasteiger partial charge is 0.233 e. The van der Waals surface area contributed by atoms with Crippen LogP contribution in [-0.4, -0.2) is 26.9 Å². The summed E-state index contributed by atoms with van der Waals surface area (Å²) in [6.45, 7) is 9.93. The molecule has 0 fully saturated rings. The third kappa shape index (κ3) is 5.79. The van der Waals surface area contributed by atoms with Crippen molar-refractivity contribution in [2.24, 2.45) is 0 Å². The summed E-state index contributed by atoms with van der Waals surface area (Å²) in [7, 11) is 0. The maximum absolute atomic E-state index is 12.1. The van der Waals surface area contributed by atoms with Crippen molar-refractivity contribution >= 4 is 39.8 Å². The number of anilines is 2. The molecule has 0 aliphatic carbocycles. The number of carbonyl (C=O) groups is 1. The average molecular weight is 365 g/mol. The van der Waals surface area contributed by atoms with Crippen LogP contribution >= 0.6 is 23.1 Å². The Labute approximate surface area is 151 Å². The molecule has 2 rings (SSSR count). The molecule has 0 spiro atoms. The summed E-state index contributed by atoms with van der Waals surface area (Å²) in [6.07, 6.45) is 1.02. The Morgan fingerprint density at radius 2 is 1.92 bits per heavy atom. The van der Waals surface area contributed by atoms with Crippen molar-refractivity contribution in [1.29, 1.82) is 0 Å². The van der Waals surface area contributed by atoms with E-state index in [2.05, 4.69) is 39.9 Å². The van der Waals surface area contributed by atoms with E-state index in [1.54, 1.807) is 0 Å². The van der Waals surface area contributed by atoms with Crippen LogP contribution in [0.1, 0.15) is 40.2 Å². The summed E-state index contributed by atoms with van der Waals surface area (Å²) in [5.74, 6) is 0.00682. The van der Waals surface area contributed by atoms with Gasteiger partial charge < -0.3 is 10.6 Å². The van der Waals surface area contributed by atoms with Crippen molar-refractivity contribution in [3.8, 4) is 0 Å². The van der Waals surface area contributed by atoms with Gasteiger partial charge in [0.2, 0.25) is 11.0 Å². The minimum absolute atomic E-state index is 0.00682. The summed E-state index contributed by atoms with van der Waals surface area (Å²) in [6, 6.07) is 8.26. The minimum Gasteiger partial charge on any atom is -0.351 e. The zero-order chi connectivity index (χ0) is 17.7. The minimum atomic E-state index is -0.232. The molecule has 0 aliphatic heterocycles. The van der Waals surface area contributed by atoms with Gasteiger partial charge >= 0.3 is 0 Å². The summed E-state index contributed by atoms with van der Waals surface area (Å²) >= 11 is 2.87. The first-order chi connectivity index (χ1) is 11.3. The zero-order valence-corrected chi connectivity index (χ0v) is 16.3. The second-order valence-corrected chi connectivity index (χ2v) is 9.11. The lowest BCUT2D eigenvalue weighted by Gasteiger charge is -2.22. The molecule has 1 atom stereocenters. The van der Waals surface area contributed by atoms with Crippen molar-refractivity contribution in [1.82, 2.24) is 15.5 Å². The third-order valence-corrected chi connectivity index (χ3v) is 5.19. The van der Waals surface area contributed by atoms with Crippen LogP contribution in [0.3, 0.4) is 0 Å². The molecule has 2 aromatic rings. The molecule has 24 heavy (non-hydrogen) atoms. The number of aryl methyl sites for hydroxylation is 1. The van der Waals surface area contributed by atoms with Gasteiger partial charge in [-0.3, -0.25) is 4.79 Å². The standard InChI is InChI=1S/C17H24N4OS2/c1-6-12-7-9-13(10-8-12)18-15-20-21-16(24-15)23-11(2)14(22)19-17(3,4)5/h7-11H,6H2,1-5H3,(H,18,20)(H,19,22)/t11-/m1/s1. The molecule has 1 aromatic carbocycles. The van der Waals surface area contributed by atoms with Gasteiger partial charge in [0, 0.05) is 11.2 Å². The Kier molecular flexibility index (Phi) is 6.23. The zero-order valence-electron chi connectivity index (χ0n) is 14.7. The molecule has 0 aliphatic rings. The molecule has 0 saturated carbocycles. The summed E-state index contributed by atoms with van der Waals surface area (Å²) < 4.78 is 0.777.